The van der Waals surface area contributed by atoms with E-state index in [2.05, 4.69) is 24.1 Å². The van der Waals surface area contributed by atoms with Gasteiger partial charge in [0.25, 0.3) is 0 Å². The van der Waals surface area contributed by atoms with Gasteiger partial charge in [-0.15, -0.1) is 0 Å². The zero-order valence-corrected chi connectivity index (χ0v) is 12.5. The van der Waals surface area contributed by atoms with Crippen LogP contribution in [0.25, 0.3) is 0 Å². The molecule has 110 valence electrons. The van der Waals surface area contributed by atoms with Gasteiger partial charge in [-0.05, 0) is 57.8 Å². The zero-order chi connectivity index (χ0) is 14.4. The molecule has 1 fully saturated rings. The maximum Gasteiger partial charge on any atom is 0.223 e. The summed E-state index contributed by atoms with van der Waals surface area (Å²) in [6, 6.07) is 6.06. The smallest absolute Gasteiger partial charge is 0.223 e. The van der Waals surface area contributed by atoms with Crippen molar-refractivity contribution in [3.8, 4) is 0 Å². The number of pyridine rings is 1. The Hall–Kier alpha value is -1.42. The summed E-state index contributed by atoms with van der Waals surface area (Å²) in [7, 11) is 0. The first-order valence-electron chi connectivity index (χ1n) is 7.57. The van der Waals surface area contributed by atoms with Gasteiger partial charge < -0.3 is 10.2 Å². The second-order valence-corrected chi connectivity index (χ2v) is 5.83. The lowest BCUT2D eigenvalue weighted by molar-refractivity contribution is -0.133. The van der Waals surface area contributed by atoms with Gasteiger partial charge in [-0.2, -0.15) is 0 Å². The van der Waals surface area contributed by atoms with E-state index in [4.69, 9.17) is 0 Å². The maximum absolute atomic E-state index is 12.4. The van der Waals surface area contributed by atoms with Crippen LogP contribution in [0, 0.1) is 5.92 Å². The van der Waals surface area contributed by atoms with Crippen molar-refractivity contribution in [3.05, 3.63) is 30.1 Å². The highest BCUT2D eigenvalue weighted by atomic mass is 16.2. The highest BCUT2D eigenvalue weighted by Gasteiger charge is 2.21. The lowest BCUT2D eigenvalue weighted by atomic mass is 10.0. The van der Waals surface area contributed by atoms with E-state index in [1.165, 1.54) is 6.42 Å². The molecule has 1 atom stereocenters. The average Bonchev–Trinajstić information content (AvgIpc) is 2.96. The van der Waals surface area contributed by atoms with Gasteiger partial charge >= 0.3 is 0 Å². The molecule has 0 aliphatic carbocycles. The van der Waals surface area contributed by atoms with Crippen molar-refractivity contribution in [2.75, 3.05) is 13.1 Å². The molecule has 1 aromatic heterocycles. The molecule has 0 aromatic carbocycles. The SMILES string of the molecule is CC(C)N(Cc1ccccn1)C(=O)CCC1CCNC1. The number of nitrogens with one attached hydrogen (secondary N) is 1. The number of nitrogens with zero attached hydrogens (tertiary/aromatic N) is 2. The number of rotatable bonds is 6. The van der Waals surface area contributed by atoms with Crippen molar-refractivity contribution in [3.63, 3.8) is 0 Å². The van der Waals surface area contributed by atoms with Crippen molar-refractivity contribution in [1.82, 2.24) is 15.2 Å². The minimum Gasteiger partial charge on any atom is -0.334 e. The summed E-state index contributed by atoms with van der Waals surface area (Å²) in [6.07, 6.45) is 4.63. The number of hydrogen-bond donors (Lipinski definition) is 1. The largest absolute Gasteiger partial charge is 0.334 e. The predicted octanol–water partition coefficient (Wildman–Crippen LogP) is 2.21. The van der Waals surface area contributed by atoms with Gasteiger partial charge in [-0.3, -0.25) is 9.78 Å². The summed E-state index contributed by atoms with van der Waals surface area (Å²) >= 11 is 0. The lowest BCUT2D eigenvalue weighted by Crippen LogP contribution is -2.36. The van der Waals surface area contributed by atoms with E-state index in [1.807, 2.05) is 23.1 Å². The van der Waals surface area contributed by atoms with E-state index in [-0.39, 0.29) is 11.9 Å². The van der Waals surface area contributed by atoms with Crippen LogP contribution < -0.4 is 5.32 Å². The predicted molar refractivity (Wildman–Crippen MR) is 80.1 cm³/mol. The monoisotopic (exact) mass is 275 g/mol. The Balaban J connectivity index is 1.88. The molecule has 0 spiro atoms. The third kappa shape index (κ3) is 4.30. The van der Waals surface area contributed by atoms with Crippen molar-refractivity contribution in [1.29, 1.82) is 0 Å². The van der Waals surface area contributed by atoms with Crippen molar-refractivity contribution >= 4 is 5.91 Å². The van der Waals surface area contributed by atoms with Gasteiger partial charge in [-0.1, -0.05) is 6.07 Å². The highest BCUT2D eigenvalue weighted by Crippen LogP contribution is 2.17. The Labute approximate surface area is 121 Å². The average molecular weight is 275 g/mol. The van der Waals surface area contributed by atoms with E-state index in [1.54, 1.807) is 6.20 Å². The van der Waals surface area contributed by atoms with Crippen LogP contribution in [0.5, 0.6) is 0 Å². The second-order valence-electron chi connectivity index (χ2n) is 5.83. The molecule has 2 rings (SSSR count). The van der Waals surface area contributed by atoms with Crippen molar-refractivity contribution in [2.45, 2.75) is 45.7 Å². The molecule has 0 saturated carbocycles. The molecule has 1 aliphatic rings. The summed E-state index contributed by atoms with van der Waals surface area (Å²) in [5.74, 6) is 0.917. The van der Waals surface area contributed by atoms with Gasteiger partial charge in [0.15, 0.2) is 0 Å². The molecule has 4 nitrogen and oxygen atoms in total. The standard InChI is InChI=1S/C16H25N3O/c1-13(2)19(12-15-5-3-4-9-18-15)16(20)7-6-14-8-10-17-11-14/h3-5,9,13-14,17H,6-8,10-12H2,1-2H3. The first kappa shape index (κ1) is 15.0. The third-order valence-electron chi connectivity index (χ3n) is 3.93. The van der Waals surface area contributed by atoms with Crippen LogP contribution >= 0.6 is 0 Å². The fraction of sp³-hybridized carbons (Fsp3) is 0.625. The fourth-order valence-corrected chi connectivity index (χ4v) is 2.66. The van der Waals surface area contributed by atoms with Crippen LogP contribution in [0.3, 0.4) is 0 Å². The molecule has 4 heteroatoms. The maximum atomic E-state index is 12.4. The molecule has 1 N–H and O–H groups in total. The van der Waals surface area contributed by atoms with Crippen LogP contribution in [0.2, 0.25) is 0 Å². The number of aromatic nitrogens is 1. The van der Waals surface area contributed by atoms with Crippen LogP contribution in [-0.2, 0) is 11.3 Å². The Morgan fingerprint density at radius 2 is 2.35 bits per heavy atom. The van der Waals surface area contributed by atoms with Gasteiger partial charge in [-0.25, -0.2) is 0 Å². The number of carbonyl (C=O) groups excluding carboxylic acids is 1. The Morgan fingerprint density at radius 3 is 2.95 bits per heavy atom. The molecule has 0 bridgehead atoms. The minimum atomic E-state index is 0.214. The van der Waals surface area contributed by atoms with Gasteiger partial charge in [0, 0.05) is 18.7 Å². The van der Waals surface area contributed by atoms with Gasteiger partial charge in [0.2, 0.25) is 5.91 Å². The normalized spacial score (nSPS) is 18.4. The molecule has 1 unspecified atom stereocenters. The quantitative estimate of drug-likeness (QED) is 0.865. The Kier molecular flexibility index (Phi) is 5.53. The zero-order valence-electron chi connectivity index (χ0n) is 12.5. The number of carbonyl (C=O) groups is 1. The van der Waals surface area contributed by atoms with E-state index in [0.29, 0.717) is 18.9 Å². The molecule has 2 heterocycles. The van der Waals surface area contributed by atoms with Crippen LogP contribution in [0.15, 0.2) is 24.4 Å². The molecule has 1 aliphatic heterocycles. The van der Waals surface area contributed by atoms with Crippen molar-refractivity contribution < 1.29 is 4.79 Å². The van der Waals surface area contributed by atoms with E-state index in [9.17, 15) is 4.79 Å². The molecule has 1 saturated heterocycles. The molecule has 20 heavy (non-hydrogen) atoms. The Bertz CT molecular complexity index is 413. The number of amides is 1. The second kappa shape index (κ2) is 7.39. The third-order valence-corrected chi connectivity index (χ3v) is 3.93. The summed E-state index contributed by atoms with van der Waals surface area (Å²) in [4.78, 5) is 18.7. The summed E-state index contributed by atoms with van der Waals surface area (Å²) in [6.45, 7) is 6.91. The van der Waals surface area contributed by atoms with Crippen LogP contribution in [0.1, 0.15) is 38.8 Å². The fourth-order valence-electron chi connectivity index (χ4n) is 2.66. The first-order valence-corrected chi connectivity index (χ1v) is 7.57. The molecular weight excluding hydrogens is 250 g/mol. The topological polar surface area (TPSA) is 45.2 Å². The van der Waals surface area contributed by atoms with E-state index in [0.717, 1.165) is 25.2 Å². The summed E-state index contributed by atoms with van der Waals surface area (Å²) in [5, 5.41) is 3.35. The van der Waals surface area contributed by atoms with Gasteiger partial charge in [0.05, 0.1) is 12.2 Å². The minimum absolute atomic E-state index is 0.214. The lowest BCUT2D eigenvalue weighted by Gasteiger charge is -2.27. The van der Waals surface area contributed by atoms with E-state index >= 15 is 0 Å². The van der Waals surface area contributed by atoms with Crippen LogP contribution in [-0.4, -0.2) is 34.9 Å². The molecular formula is C16H25N3O. The highest BCUT2D eigenvalue weighted by molar-refractivity contribution is 5.76. The summed E-state index contributed by atoms with van der Waals surface area (Å²) < 4.78 is 0. The van der Waals surface area contributed by atoms with Crippen LogP contribution in [0.4, 0.5) is 0 Å². The summed E-state index contributed by atoms with van der Waals surface area (Å²) in [5.41, 5.74) is 0.956. The van der Waals surface area contributed by atoms with Gasteiger partial charge in [0.1, 0.15) is 0 Å². The molecule has 0 radical (unpaired) electrons. The molecule has 1 aromatic rings. The molecule has 1 amide bonds. The van der Waals surface area contributed by atoms with Crippen molar-refractivity contribution in [2.24, 2.45) is 5.92 Å². The first-order chi connectivity index (χ1) is 9.66. The van der Waals surface area contributed by atoms with E-state index < -0.39 is 0 Å². The Morgan fingerprint density at radius 1 is 1.50 bits per heavy atom. The number of hydrogen-bond acceptors (Lipinski definition) is 3.